The van der Waals surface area contributed by atoms with Crippen molar-refractivity contribution in [1.82, 2.24) is 15.1 Å². The van der Waals surface area contributed by atoms with Crippen LogP contribution in [0.4, 0.5) is 0 Å². The summed E-state index contributed by atoms with van der Waals surface area (Å²) in [7, 11) is 1.84. The van der Waals surface area contributed by atoms with Crippen LogP contribution in [-0.2, 0) is 13.6 Å². The van der Waals surface area contributed by atoms with E-state index in [0.29, 0.717) is 18.7 Å². The summed E-state index contributed by atoms with van der Waals surface area (Å²) < 4.78 is 1.70. The summed E-state index contributed by atoms with van der Waals surface area (Å²) in [5.41, 5.74) is 8.71. The lowest BCUT2D eigenvalue weighted by molar-refractivity contribution is 0.0951. The molecular formula is C16H18N4O. The van der Waals surface area contributed by atoms with Crippen molar-refractivity contribution in [3.05, 3.63) is 52.8 Å². The van der Waals surface area contributed by atoms with Crippen molar-refractivity contribution in [2.24, 2.45) is 12.8 Å². The fourth-order valence-electron chi connectivity index (χ4n) is 1.99. The van der Waals surface area contributed by atoms with Gasteiger partial charge in [0.05, 0.1) is 12.7 Å². The van der Waals surface area contributed by atoms with Gasteiger partial charge in [-0.3, -0.25) is 9.48 Å². The van der Waals surface area contributed by atoms with Gasteiger partial charge in [0.15, 0.2) is 0 Å². The predicted octanol–water partition coefficient (Wildman–Crippen LogP) is 0.969. The lowest BCUT2D eigenvalue weighted by Gasteiger charge is -2.05. The van der Waals surface area contributed by atoms with Gasteiger partial charge < -0.3 is 11.1 Å². The Labute approximate surface area is 124 Å². The molecule has 2 aromatic rings. The highest BCUT2D eigenvalue weighted by Crippen LogP contribution is 2.09. The minimum atomic E-state index is -0.127. The van der Waals surface area contributed by atoms with Gasteiger partial charge in [0.25, 0.3) is 5.91 Å². The average Bonchev–Trinajstić information content (AvgIpc) is 2.87. The van der Waals surface area contributed by atoms with Crippen LogP contribution in [0.15, 0.2) is 30.6 Å². The molecule has 0 aliphatic rings. The Kier molecular flexibility index (Phi) is 4.75. The van der Waals surface area contributed by atoms with Crippen LogP contribution >= 0.6 is 0 Å². The van der Waals surface area contributed by atoms with Crippen LogP contribution in [0.3, 0.4) is 0 Å². The first-order valence-electron chi connectivity index (χ1n) is 6.65. The standard InChI is InChI=1S/C16H18N4O/c1-12-6-13(4-3-5-17)8-15(7-12)16(21)18-9-14-10-19-20(2)11-14/h6-8,10-11H,5,9,17H2,1-2H3,(H,18,21). The van der Waals surface area contributed by atoms with Crippen molar-refractivity contribution in [1.29, 1.82) is 0 Å². The zero-order valence-electron chi connectivity index (χ0n) is 12.2. The number of hydrogen-bond donors (Lipinski definition) is 2. The lowest BCUT2D eigenvalue weighted by Crippen LogP contribution is -2.22. The highest BCUT2D eigenvalue weighted by Gasteiger charge is 2.07. The van der Waals surface area contributed by atoms with E-state index in [2.05, 4.69) is 22.3 Å². The number of rotatable bonds is 3. The minimum absolute atomic E-state index is 0.127. The normalized spacial score (nSPS) is 9.86. The van der Waals surface area contributed by atoms with Gasteiger partial charge in [-0.25, -0.2) is 0 Å². The average molecular weight is 282 g/mol. The molecule has 0 saturated heterocycles. The maximum absolute atomic E-state index is 12.2. The van der Waals surface area contributed by atoms with E-state index in [0.717, 1.165) is 16.7 Å². The summed E-state index contributed by atoms with van der Waals surface area (Å²) in [5.74, 6) is 5.62. The molecule has 1 aromatic heterocycles. The molecule has 0 bridgehead atoms. The maximum atomic E-state index is 12.2. The zero-order valence-corrected chi connectivity index (χ0v) is 12.2. The third-order valence-electron chi connectivity index (χ3n) is 2.89. The number of benzene rings is 1. The predicted molar refractivity (Wildman–Crippen MR) is 81.5 cm³/mol. The van der Waals surface area contributed by atoms with E-state index in [1.807, 2.05) is 32.3 Å². The third-order valence-corrected chi connectivity index (χ3v) is 2.89. The van der Waals surface area contributed by atoms with Crippen molar-refractivity contribution < 1.29 is 4.79 Å². The van der Waals surface area contributed by atoms with E-state index in [4.69, 9.17) is 5.73 Å². The Hall–Kier alpha value is -2.58. The number of hydrogen-bond acceptors (Lipinski definition) is 3. The summed E-state index contributed by atoms with van der Waals surface area (Å²) in [6.07, 6.45) is 3.60. The molecule has 0 fully saturated rings. The van der Waals surface area contributed by atoms with Gasteiger partial charge in [-0.05, 0) is 30.7 Å². The molecule has 1 heterocycles. The molecular weight excluding hydrogens is 264 g/mol. The molecule has 0 saturated carbocycles. The van der Waals surface area contributed by atoms with E-state index in [1.54, 1.807) is 16.9 Å². The van der Waals surface area contributed by atoms with Gasteiger partial charge in [0.1, 0.15) is 0 Å². The van der Waals surface area contributed by atoms with E-state index in [1.165, 1.54) is 0 Å². The van der Waals surface area contributed by atoms with Gasteiger partial charge in [0.2, 0.25) is 0 Å². The van der Waals surface area contributed by atoms with Crippen LogP contribution in [0, 0.1) is 18.8 Å². The number of nitrogens with two attached hydrogens (primary N) is 1. The second-order valence-corrected chi connectivity index (χ2v) is 4.80. The van der Waals surface area contributed by atoms with Crippen molar-refractivity contribution in [3.63, 3.8) is 0 Å². The molecule has 5 heteroatoms. The molecule has 1 amide bonds. The molecule has 108 valence electrons. The second kappa shape index (κ2) is 6.73. The van der Waals surface area contributed by atoms with Crippen molar-refractivity contribution >= 4 is 5.91 Å². The van der Waals surface area contributed by atoms with Crippen LogP contribution in [0.25, 0.3) is 0 Å². The van der Waals surface area contributed by atoms with E-state index < -0.39 is 0 Å². The van der Waals surface area contributed by atoms with Gasteiger partial charge in [-0.2, -0.15) is 5.10 Å². The van der Waals surface area contributed by atoms with Crippen LogP contribution in [0.1, 0.15) is 27.0 Å². The molecule has 0 unspecified atom stereocenters. The van der Waals surface area contributed by atoms with Crippen molar-refractivity contribution in [3.8, 4) is 11.8 Å². The first-order valence-corrected chi connectivity index (χ1v) is 6.65. The van der Waals surface area contributed by atoms with Gasteiger partial charge in [0, 0.05) is 36.5 Å². The fourth-order valence-corrected chi connectivity index (χ4v) is 1.99. The molecule has 0 aliphatic heterocycles. The Balaban J connectivity index is 2.09. The van der Waals surface area contributed by atoms with Crippen LogP contribution in [0.5, 0.6) is 0 Å². The Morgan fingerprint density at radius 2 is 2.24 bits per heavy atom. The van der Waals surface area contributed by atoms with Crippen LogP contribution < -0.4 is 11.1 Å². The monoisotopic (exact) mass is 282 g/mol. The molecule has 0 aliphatic carbocycles. The van der Waals surface area contributed by atoms with E-state index in [-0.39, 0.29) is 5.91 Å². The number of carbonyl (C=O) groups is 1. The topological polar surface area (TPSA) is 72.9 Å². The van der Waals surface area contributed by atoms with E-state index >= 15 is 0 Å². The van der Waals surface area contributed by atoms with E-state index in [9.17, 15) is 4.79 Å². The summed E-state index contributed by atoms with van der Waals surface area (Å²) in [6, 6.07) is 5.54. The molecule has 0 atom stereocenters. The Morgan fingerprint density at radius 1 is 1.43 bits per heavy atom. The number of amides is 1. The highest BCUT2D eigenvalue weighted by molar-refractivity contribution is 5.94. The molecule has 5 nitrogen and oxygen atoms in total. The number of aromatic nitrogens is 2. The maximum Gasteiger partial charge on any atom is 0.251 e. The number of carbonyl (C=O) groups excluding carboxylic acids is 1. The summed E-state index contributed by atoms with van der Waals surface area (Å²) >= 11 is 0. The molecule has 2 rings (SSSR count). The first-order chi connectivity index (χ1) is 10.1. The smallest absolute Gasteiger partial charge is 0.251 e. The molecule has 21 heavy (non-hydrogen) atoms. The van der Waals surface area contributed by atoms with Gasteiger partial charge in [-0.1, -0.05) is 11.8 Å². The first kappa shape index (κ1) is 14.8. The summed E-state index contributed by atoms with van der Waals surface area (Å²) in [4.78, 5) is 12.2. The Morgan fingerprint density at radius 3 is 2.90 bits per heavy atom. The molecule has 3 N–H and O–H groups in total. The summed E-state index contributed by atoms with van der Waals surface area (Å²) in [6.45, 7) is 2.69. The third kappa shape index (κ3) is 4.20. The fraction of sp³-hybridized carbons (Fsp3) is 0.250. The Bertz CT molecular complexity index is 707. The molecule has 0 spiro atoms. The van der Waals surface area contributed by atoms with Crippen molar-refractivity contribution in [2.45, 2.75) is 13.5 Å². The van der Waals surface area contributed by atoms with Crippen molar-refractivity contribution in [2.75, 3.05) is 6.54 Å². The SMILES string of the molecule is Cc1cc(C#CCN)cc(C(=O)NCc2cnn(C)c2)c1. The largest absolute Gasteiger partial charge is 0.348 e. The van der Waals surface area contributed by atoms with Crippen LogP contribution in [-0.4, -0.2) is 22.2 Å². The lowest BCUT2D eigenvalue weighted by atomic mass is 10.1. The quantitative estimate of drug-likeness (QED) is 0.824. The number of nitrogens with one attached hydrogen (secondary N) is 1. The molecule has 0 radical (unpaired) electrons. The zero-order chi connectivity index (χ0) is 15.2. The second-order valence-electron chi connectivity index (χ2n) is 4.80. The molecule has 1 aromatic carbocycles. The number of nitrogens with zero attached hydrogens (tertiary/aromatic N) is 2. The highest BCUT2D eigenvalue weighted by atomic mass is 16.1. The summed E-state index contributed by atoms with van der Waals surface area (Å²) in [5, 5.41) is 6.94. The van der Waals surface area contributed by atoms with Crippen LogP contribution in [0.2, 0.25) is 0 Å². The van der Waals surface area contributed by atoms with Gasteiger partial charge >= 0.3 is 0 Å². The minimum Gasteiger partial charge on any atom is -0.348 e. The van der Waals surface area contributed by atoms with Gasteiger partial charge in [-0.15, -0.1) is 0 Å². The number of aryl methyl sites for hydroxylation is 2.